The molecule has 1 aromatic rings. The van der Waals surface area contributed by atoms with E-state index in [2.05, 4.69) is 0 Å². The van der Waals surface area contributed by atoms with Crippen LogP contribution in [-0.4, -0.2) is 21.2 Å². The van der Waals surface area contributed by atoms with Gasteiger partial charge in [0.25, 0.3) is 0 Å². The molecule has 0 aromatic heterocycles. The molecule has 16 heavy (non-hydrogen) atoms. The molecule has 1 aromatic carbocycles. The number of nitrogens with zero attached hydrogens (tertiary/aromatic N) is 1. The van der Waals surface area contributed by atoms with Crippen LogP contribution in [0.3, 0.4) is 0 Å². The topological polar surface area (TPSA) is 83.9 Å². The van der Waals surface area contributed by atoms with Crippen molar-refractivity contribution in [3.63, 3.8) is 0 Å². The molecule has 0 aliphatic heterocycles. The summed E-state index contributed by atoms with van der Waals surface area (Å²) < 4.78 is 22.9. The molecular weight excluding hydrogens is 224 g/mol. The smallest absolute Gasteiger partial charge is 0.176 e. The Labute approximate surface area is 95.6 Å². The minimum atomic E-state index is -3.35. The SMILES string of the molecule is CS(=O)(=O)c1cc(CCCN)ccc1C#N. The van der Waals surface area contributed by atoms with Crippen LogP contribution in [0.4, 0.5) is 0 Å². The van der Waals surface area contributed by atoms with Crippen LogP contribution in [0.1, 0.15) is 17.5 Å². The first-order chi connectivity index (χ1) is 7.49. The maximum Gasteiger partial charge on any atom is 0.176 e. The molecule has 0 atom stereocenters. The fraction of sp³-hybridized carbons (Fsp3) is 0.364. The molecule has 5 heteroatoms. The molecule has 86 valence electrons. The highest BCUT2D eigenvalue weighted by Gasteiger charge is 2.13. The highest BCUT2D eigenvalue weighted by Crippen LogP contribution is 2.17. The highest BCUT2D eigenvalue weighted by atomic mass is 32.2. The second-order valence-electron chi connectivity index (χ2n) is 3.61. The van der Waals surface area contributed by atoms with Crippen LogP contribution in [0.2, 0.25) is 0 Å². The number of benzene rings is 1. The van der Waals surface area contributed by atoms with Gasteiger partial charge in [0.1, 0.15) is 6.07 Å². The Morgan fingerprint density at radius 1 is 1.44 bits per heavy atom. The lowest BCUT2D eigenvalue weighted by atomic mass is 10.1. The van der Waals surface area contributed by atoms with E-state index in [1.165, 1.54) is 0 Å². The third kappa shape index (κ3) is 3.05. The Balaban J connectivity index is 3.19. The number of nitriles is 1. The molecule has 0 unspecified atom stereocenters. The van der Waals surface area contributed by atoms with E-state index in [0.717, 1.165) is 24.7 Å². The van der Waals surface area contributed by atoms with Gasteiger partial charge in [-0.2, -0.15) is 5.26 Å². The lowest BCUT2D eigenvalue weighted by Gasteiger charge is -2.05. The van der Waals surface area contributed by atoms with Gasteiger partial charge in [0, 0.05) is 6.26 Å². The zero-order valence-corrected chi connectivity index (χ0v) is 9.92. The van der Waals surface area contributed by atoms with Gasteiger partial charge in [0.05, 0.1) is 10.5 Å². The first-order valence-electron chi connectivity index (χ1n) is 4.92. The Kier molecular flexibility index (Phi) is 4.05. The average molecular weight is 238 g/mol. The molecule has 0 radical (unpaired) electrons. The summed E-state index contributed by atoms with van der Waals surface area (Å²) in [5.41, 5.74) is 6.47. The molecule has 0 aliphatic carbocycles. The molecule has 0 saturated carbocycles. The van der Waals surface area contributed by atoms with Crippen LogP contribution in [-0.2, 0) is 16.3 Å². The second kappa shape index (κ2) is 5.10. The Bertz CT molecular complexity index is 515. The van der Waals surface area contributed by atoms with Gasteiger partial charge in [-0.05, 0) is 37.1 Å². The number of hydrogen-bond acceptors (Lipinski definition) is 4. The number of sulfone groups is 1. The van der Waals surface area contributed by atoms with Crippen molar-refractivity contribution in [3.8, 4) is 6.07 Å². The molecule has 4 nitrogen and oxygen atoms in total. The van der Waals surface area contributed by atoms with Crippen LogP contribution >= 0.6 is 0 Å². The fourth-order valence-electron chi connectivity index (χ4n) is 1.43. The molecule has 0 fully saturated rings. The van der Waals surface area contributed by atoms with Crippen molar-refractivity contribution in [2.45, 2.75) is 17.7 Å². The molecular formula is C11H14N2O2S. The highest BCUT2D eigenvalue weighted by molar-refractivity contribution is 7.90. The van der Waals surface area contributed by atoms with Crippen molar-refractivity contribution in [1.82, 2.24) is 0 Å². The van der Waals surface area contributed by atoms with Crippen LogP contribution in [0.15, 0.2) is 23.1 Å². The predicted molar refractivity (Wildman–Crippen MR) is 61.6 cm³/mol. The zero-order chi connectivity index (χ0) is 12.2. The molecule has 0 heterocycles. The standard InChI is InChI=1S/C11H14N2O2S/c1-16(14,15)11-7-9(3-2-6-12)4-5-10(11)8-13/h4-5,7H,2-3,6,12H2,1H3. The van der Waals surface area contributed by atoms with Gasteiger partial charge >= 0.3 is 0 Å². The Morgan fingerprint density at radius 3 is 2.62 bits per heavy atom. The van der Waals surface area contributed by atoms with Crippen LogP contribution in [0.25, 0.3) is 0 Å². The number of aryl methyl sites for hydroxylation is 1. The molecule has 0 amide bonds. The van der Waals surface area contributed by atoms with E-state index in [1.807, 2.05) is 6.07 Å². The molecule has 2 N–H and O–H groups in total. The quantitative estimate of drug-likeness (QED) is 0.843. The summed E-state index contributed by atoms with van der Waals surface area (Å²) in [5, 5.41) is 8.81. The maximum atomic E-state index is 11.5. The largest absolute Gasteiger partial charge is 0.330 e. The lowest BCUT2D eigenvalue weighted by Crippen LogP contribution is -2.04. The summed E-state index contributed by atoms with van der Waals surface area (Å²) in [7, 11) is -3.35. The van der Waals surface area contributed by atoms with Crippen molar-refractivity contribution >= 4 is 9.84 Å². The summed E-state index contributed by atoms with van der Waals surface area (Å²) in [6.45, 7) is 0.564. The summed E-state index contributed by atoms with van der Waals surface area (Å²) in [6.07, 6.45) is 2.63. The first kappa shape index (κ1) is 12.7. The molecule has 1 rings (SSSR count). The molecule has 0 saturated heterocycles. The molecule has 0 aliphatic rings. The minimum Gasteiger partial charge on any atom is -0.330 e. The van der Waals surface area contributed by atoms with E-state index >= 15 is 0 Å². The van der Waals surface area contributed by atoms with Crippen molar-refractivity contribution < 1.29 is 8.42 Å². The Morgan fingerprint density at radius 2 is 2.12 bits per heavy atom. The van der Waals surface area contributed by atoms with Gasteiger partial charge in [-0.3, -0.25) is 0 Å². The van der Waals surface area contributed by atoms with E-state index in [-0.39, 0.29) is 10.5 Å². The van der Waals surface area contributed by atoms with Gasteiger partial charge in [-0.25, -0.2) is 8.42 Å². The van der Waals surface area contributed by atoms with Gasteiger partial charge in [0.15, 0.2) is 9.84 Å². The molecule has 0 spiro atoms. The summed E-state index contributed by atoms with van der Waals surface area (Å²) >= 11 is 0. The summed E-state index contributed by atoms with van der Waals surface area (Å²) in [5.74, 6) is 0. The van der Waals surface area contributed by atoms with E-state index in [9.17, 15) is 8.42 Å². The van der Waals surface area contributed by atoms with E-state index in [0.29, 0.717) is 6.54 Å². The third-order valence-corrected chi connectivity index (χ3v) is 3.37. The number of hydrogen-bond donors (Lipinski definition) is 1. The van der Waals surface area contributed by atoms with Crippen LogP contribution in [0, 0.1) is 11.3 Å². The average Bonchev–Trinajstić information content (AvgIpc) is 2.24. The van der Waals surface area contributed by atoms with Crippen LogP contribution in [0.5, 0.6) is 0 Å². The maximum absolute atomic E-state index is 11.5. The van der Waals surface area contributed by atoms with Gasteiger partial charge in [-0.15, -0.1) is 0 Å². The monoisotopic (exact) mass is 238 g/mol. The normalized spacial score (nSPS) is 11.1. The van der Waals surface area contributed by atoms with Crippen molar-refractivity contribution in [2.24, 2.45) is 5.73 Å². The summed E-state index contributed by atoms with van der Waals surface area (Å²) in [4.78, 5) is 0.101. The molecule has 0 bridgehead atoms. The van der Waals surface area contributed by atoms with Crippen LogP contribution < -0.4 is 5.73 Å². The van der Waals surface area contributed by atoms with Crippen molar-refractivity contribution in [3.05, 3.63) is 29.3 Å². The van der Waals surface area contributed by atoms with Gasteiger partial charge in [-0.1, -0.05) is 6.07 Å². The van der Waals surface area contributed by atoms with Crippen molar-refractivity contribution in [2.75, 3.05) is 12.8 Å². The van der Waals surface area contributed by atoms with E-state index in [4.69, 9.17) is 11.0 Å². The van der Waals surface area contributed by atoms with Crippen molar-refractivity contribution in [1.29, 1.82) is 5.26 Å². The number of nitrogens with two attached hydrogens (primary N) is 1. The summed E-state index contributed by atoms with van der Waals surface area (Å²) in [6, 6.07) is 6.75. The zero-order valence-electron chi connectivity index (χ0n) is 9.10. The van der Waals surface area contributed by atoms with Gasteiger partial charge in [0.2, 0.25) is 0 Å². The van der Waals surface area contributed by atoms with E-state index < -0.39 is 9.84 Å². The predicted octanol–water partition coefficient (Wildman–Crippen LogP) is 0.853. The number of rotatable bonds is 4. The second-order valence-corrected chi connectivity index (χ2v) is 5.59. The first-order valence-corrected chi connectivity index (χ1v) is 6.81. The lowest BCUT2D eigenvalue weighted by molar-refractivity contribution is 0.601. The third-order valence-electron chi connectivity index (χ3n) is 2.24. The minimum absolute atomic E-state index is 0.101. The Hall–Kier alpha value is -1.38. The fourth-order valence-corrected chi connectivity index (χ4v) is 2.31. The van der Waals surface area contributed by atoms with Gasteiger partial charge < -0.3 is 5.73 Å². The van der Waals surface area contributed by atoms with E-state index in [1.54, 1.807) is 18.2 Å².